The van der Waals surface area contributed by atoms with Crippen LogP contribution in [0.3, 0.4) is 0 Å². The monoisotopic (exact) mass is 206 g/mol. The van der Waals surface area contributed by atoms with Crippen molar-refractivity contribution in [2.75, 3.05) is 0 Å². The summed E-state index contributed by atoms with van der Waals surface area (Å²) in [4.78, 5) is 4.01. The fourth-order valence-corrected chi connectivity index (χ4v) is 2.07. The number of fused-ring (bicyclic) bond motifs is 1. The fraction of sp³-hybridized carbons (Fsp3) is 0.364. The molecule has 2 heterocycles. The molecule has 0 spiro atoms. The molecule has 4 heteroatoms. The van der Waals surface area contributed by atoms with Crippen molar-refractivity contribution in [2.24, 2.45) is 0 Å². The minimum Gasteiger partial charge on any atom is -0.392 e. The highest BCUT2D eigenvalue weighted by Gasteiger charge is 2.40. The summed E-state index contributed by atoms with van der Waals surface area (Å²) in [6.07, 6.45) is 5.09. The lowest BCUT2D eigenvalue weighted by molar-refractivity contribution is 0.281. The van der Waals surface area contributed by atoms with E-state index in [1.54, 1.807) is 12.5 Å². The summed E-state index contributed by atoms with van der Waals surface area (Å²) in [5, 5.41) is 9.33. The molecule has 3 nitrogen and oxygen atoms in total. The number of aliphatic hydroxyl groups is 1. The van der Waals surface area contributed by atoms with E-state index < -0.39 is 6.17 Å². The third-order valence-electron chi connectivity index (χ3n) is 3.01. The zero-order chi connectivity index (χ0) is 10.4. The van der Waals surface area contributed by atoms with Crippen molar-refractivity contribution in [2.45, 2.75) is 25.1 Å². The van der Waals surface area contributed by atoms with Gasteiger partial charge >= 0.3 is 0 Å². The average molecular weight is 206 g/mol. The molecule has 0 radical (unpaired) electrons. The molecule has 2 aromatic heterocycles. The molecule has 0 saturated heterocycles. The van der Waals surface area contributed by atoms with E-state index in [4.69, 9.17) is 0 Å². The highest BCUT2D eigenvalue weighted by molar-refractivity contribution is 5.58. The van der Waals surface area contributed by atoms with Gasteiger partial charge in [0.25, 0.3) is 0 Å². The molecular weight excluding hydrogens is 195 g/mol. The van der Waals surface area contributed by atoms with E-state index in [0.29, 0.717) is 6.42 Å². The van der Waals surface area contributed by atoms with E-state index in [1.807, 2.05) is 16.7 Å². The molecule has 0 aromatic carbocycles. The van der Waals surface area contributed by atoms with Crippen molar-refractivity contribution in [1.29, 1.82) is 0 Å². The molecule has 0 amide bonds. The number of imidazole rings is 1. The van der Waals surface area contributed by atoms with Gasteiger partial charge in [0.2, 0.25) is 0 Å². The van der Waals surface area contributed by atoms with Gasteiger partial charge in [-0.3, -0.25) is 0 Å². The summed E-state index contributed by atoms with van der Waals surface area (Å²) < 4.78 is 14.8. The smallest absolute Gasteiger partial charge is 0.108 e. The van der Waals surface area contributed by atoms with Crippen molar-refractivity contribution < 1.29 is 9.50 Å². The molecule has 1 saturated carbocycles. The molecule has 15 heavy (non-hydrogen) atoms. The van der Waals surface area contributed by atoms with E-state index in [-0.39, 0.29) is 12.5 Å². The molecule has 0 aliphatic heterocycles. The van der Waals surface area contributed by atoms with Crippen LogP contribution in [0.25, 0.3) is 5.52 Å². The van der Waals surface area contributed by atoms with Gasteiger partial charge in [0.15, 0.2) is 0 Å². The summed E-state index contributed by atoms with van der Waals surface area (Å²) in [5.41, 5.74) is 2.60. The zero-order valence-electron chi connectivity index (χ0n) is 8.10. The lowest BCUT2D eigenvalue weighted by atomic mass is 10.0. The molecule has 1 fully saturated rings. The van der Waals surface area contributed by atoms with Crippen LogP contribution in [-0.4, -0.2) is 20.7 Å². The molecule has 1 aliphatic rings. The molecule has 1 N–H and O–H groups in total. The number of alkyl halides is 1. The van der Waals surface area contributed by atoms with Crippen molar-refractivity contribution in [3.05, 3.63) is 35.9 Å². The van der Waals surface area contributed by atoms with Gasteiger partial charge < -0.3 is 9.51 Å². The summed E-state index contributed by atoms with van der Waals surface area (Å²) in [7, 11) is 0. The first kappa shape index (κ1) is 8.85. The first-order chi connectivity index (χ1) is 7.31. The third-order valence-corrected chi connectivity index (χ3v) is 3.01. The quantitative estimate of drug-likeness (QED) is 0.811. The third kappa shape index (κ3) is 1.25. The predicted molar refractivity (Wildman–Crippen MR) is 53.4 cm³/mol. The predicted octanol–water partition coefficient (Wildman–Crippen LogP) is 1.65. The summed E-state index contributed by atoms with van der Waals surface area (Å²) in [6, 6.07) is 1.88. The molecule has 3 rings (SSSR count). The molecule has 2 aromatic rings. The molecule has 0 bridgehead atoms. The lowest BCUT2D eigenvalue weighted by Crippen LogP contribution is -1.97. The Kier molecular flexibility index (Phi) is 1.79. The first-order valence-corrected chi connectivity index (χ1v) is 4.99. The van der Waals surface area contributed by atoms with Crippen LogP contribution in [0.4, 0.5) is 4.39 Å². The van der Waals surface area contributed by atoms with Gasteiger partial charge in [-0.15, -0.1) is 0 Å². The number of hydrogen-bond acceptors (Lipinski definition) is 2. The molecule has 2 atom stereocenters. The van der Waals surface area contributed by atoms with Crippen molar-refractivity contribution in [1.82, 2.24) is 9.38 Å². The summed E-state index contributed by atoms with van der Waals surface area (Å²) in [5.74, 6) is -0.0213. The first-order valence-electron chi connectivity index (χ1n) is 4.99. The van der Waals surface area contributed by atoms with Gasteiger partial charge in [-0.25, -0.2) is 9.37 Å². The van der Waals surface area contributed by atoms with Gasteiger partial charge in [-0.1, -0.05) is 0 Å². The minimum absolute atomic E-state index is 0.0213. The van der Waals surface area contributed by atoms with E-state index in [1.165, 1.54) is 0 Å². The normalized spacial score (nSPS) is 24.7. The van der Waals surface area contributed by atoms with E-state index in [2.05, 4.69) is 4.98 Å². The second-order valence-electron chi connectivity index (χ2n) is 3.95. The van der Waals surface area contributed by atoms with Crippen LogP contribution in [0.1, 0.15) is 23.5 Å². The standard InChI is InChI=1S/C11H11FN2O/c12-10-3-8(10)7-1-2-14-6-13-4-11(14)9(7)5-15/h1-2,4,6,8,10,15H,3,5H2/t8-,10-/m0/s1. The van der Waals surface area contributed by atoms with Crippen LogP contribution >= 0.6 is 0 Å². The van der Waals surface area contributed by atoms with Gasteiger partial charge in [0, 0.05) is 17.7 Å². The van der Waals surface area contributed by atoms with Crippen LogP contribution in [0.15, 0.2) is 24.8 Å². The van der Waals surface area contributed by atoms with Crippen molar-refractivity contribution in [3.8, 4) is 0 Å². The van der Waals surface area contributed by atoms with E-state index >= 15 is 0 Å². The van der Waals surface area contributed by atoms with E-state index in [0.717, 1.165) is 16.6 Å². The maximum atomic E-state index is 13.0. The maximum Gasteiger partial charge on any atom is 0.108 e. The van der Waals surface area contributed by atoms with E-state index in [9.17, 15) is 9.50 Å². The van der Waals surface area contributed by atoms with Gasteiger partial charge in [0.1, 0.15) is 6.17 Å². The Bertz CT molecular complexity index is 508. The van der Waals surface area contributed by atoms with Crippen LogP contribution < -0.4 is 0 Å². The number of nitrogens with zero attached hydrogens (tertiary/aromatic N) is 2. The van der Waals surface area contributed by atoms with Crippen LogP contribution in [0.5, 0.6) is 0 Å². The number of rotatable bonds is 2. The fourth-order valence-electron chi connectivity index (χ4n) is 2.07. The largest absolute Gasteiger partial charge is 0.392 e. The second kappa shape index (κ2) is 3.03. The van der Waals surface area contributed by atoms with Gasteiger partial charge in [-0.05, 0) is 18.1 Å². The zero-order valence-corrected chi connectivity index (χ0v) is 8.10. The SMILES string of the molecule is OCc1c([C@@H]2C[C@@H]2F)ccn2cncc12. The molecular formula is C11H11FN2O. The number of aromatic nitrogens is 2. The van der Waals surface area contributed by atoms with Gasteiger partial charge in [0.05, 0.1) is 24.6 Å². The Morgan fingerprint density at radius 1 is 1.60 bits per heavy atom. The van der Waals surface area contributed by atoms with Crippen molar-refractivity contribution >= 4 is 5.52 Å². The number of hydrogen-bond donors (Lipinski definition) is 1. The number of pyridine rings is 1. The van der Waals surface area contributed by atoms with Crippen LogP contribution in [0.2, 0.25) is 0 Å². The Morgan fingerprint density at radius 3 is 3.07 bits per heavy atom. The van der Waals surface area contributed by atoms with Crippen molar-refractivity contribution in [3.63, 3.8) is 0 Å². The van der Waals surface area contributed by atoms with Crippen LogP contribution in [-0.2, 0) is 6.61 Å². The Morgan fingerprint density at radius 2 is 2.40 bits per heavy atom. The van der Waals surface area contributed by atoms with Gasteiger partial charge in [-0.2, -0.15) is 0 Å². The summed E-state index contributed by atoms with van der Waals surface area (Å²) in [6.45, 7) is -0.0609. The average Bonchev–Trinajstić information content (AvgIpc) is 2.80. The topological polar surface area (TPSA) is 37.5 Å². The minimum atomic E-state index is -0.735. The highest BCUT2D eigenvalue weighted by Crippen LogP contribution is 2.45. The van der Waals surface area contributed by atoms with Crippen LogP contribution in [0, 0.1) is 0 Å². The second-order valence-corrected chi connectivity index (χ2v) is 3.95. The summed E-state index contributed by atoms with van der Waals surface area (Å²) >= 11 is 0. The Labute approximate surface area is 86.2 Å². The number of halogens is 1. The molecule has 0 unspecified atom stereocenters. The Balaban J connectivity index is 2.20. The number of aliphatic hydroxyl groups excluding tert-OH is 1. The maximum absolute atomic E-state index is 13.0. The Hall–Kier alpha value is -1.42. The lowest BCUT2D eigenvalue weighted by Gasteiger charge is -2.07. The molecule has 1 aliphatic carbocycles. The highest BCUT2D eigenvalue weighted by atomic mass is 19.1. The molecule has 78 valence electrons.